The van der Waals surface area contributed by atoms with Gasteiger partial charge in [-0.1, -0.05) is 24.3 Å². The molecule has 0 aliphatic carbocycles. The third-order valence-corrected chi connectivity index (χ3v) is 19.4. The Kier molecular flexibility index (Phi) is 18.6. The lowest BCUT2D eigenvalue weighted by Gasteiger charge is -2.22. The van der Waals surface area contributed by atoms with Gasteiger partial charge in [0.1, 0.15) is 59.8 Å². The van der Waals surface area contributed by atoms with Gasteiger partial charge in [-0.25, -0.2) is 72.7 Å². The fraction of sp³-hybridized carbons (Fsp3) is 0.235. The summed E-state index contributed by atoms with van der Waals surface area (Å²) in [4.78, 5) is 46.7. The largest absolute Gasteiger partial charge is 0.473 e. The van der Waals surface area contributed by atoms with Crippen LogP contribution < -0.4 is 9.47 Å². The highest BCUT2D eigenvalue weighted by molar-refractivity contribution is 7.88. The van der Waals surface area contributed by atoms with Gasteiger partial charge in [-0.05, 0) is 108 Å². The number of methoxy groups -OCH3 is 2. The second-order valence-corrected chi connectivity index (χ2v) is 27.0. The lowest BCUT2D eigenvalue weighted by molar-refractivity contribution is 0.0397. The van der Waals surface area contributed by atoms with Gasteiger partial charge in [-0.15, -0.1) is 0 Å². The quantitative estimate of drug-likeness (QED) is 0.0390. The fourth-order valence-corrected chi connectivity index (χ4v) is 13.6. The average molecular weight is 1370 g/mol. The number of hydrogen-bond donors (Lipinski definition) is 0. The number of imidazole rings is 2. The number of aromatic nitrogens is 6. The lowest BCUT2D eigenvalue weighted by atomic mass is 10.0. The molecule has 0 N–H and O–H groups in total. The van der Waals surface area contributed by atoms with Gasteiger partial charge >= 0.3 is 11.9 Å². The van der Waals surface area contributed by atoms with Crippen LogP contribution in [0.5, 0.6) is 11.8 Å². The lowest BCUT2D eigenvalue weighted by Crippen LogP contribution is -2.28. The molecule has 10 aromatic rings. The Morgan fingerprint density at radius 1 is 0.495 bits per heavy atom. The molecule has 0 spiro atoms. The first kappa shape index (κ1) is 66.6. The summed E-state index contributed by atoms with van der Waals surface area (Å²) in [5, 5.41) is 18.2. The minimum Gasteiger partial charge on any atom is -0.473 e. The van der Waals surface area contributed by atoms with Gasteiger partial charge in [0, 0.05) is 87.6 Å². The number of hydrogen-bond acceptors (Lipinski definition) is 17. The Morgan fingerprint density at radius 2 is 0.897 bits per heavy atom. The molecule has 29 heteroatoms. The molecule has 0 saturated carbocycles. The van der Waals surface area contributed by atoms with Crippen molar-refractivity contribution in [1.82, 2.24) is 37.7 Å². The number of nitrogens with zero attached hydrogens (tertiary/aromatic N) is 10. The maximum Gasteiger partial charge on any atom is 0.346 e. The summed E-state index contributed by atoms with van der Waals surface area (Å²) in [6.07, 6.45) is -0.398. The van der Waals surface area contributed by atoms with E-state index in [0.717, 1.165) is 48.9 Å². The molecular weight excluding hydrogens is 1310 g/mol. The van der Waals surface area contributed by atoms with Crippen LogP contribution in [0.1, 0.15) is 77.8 Å². The summed E-state index contributed by atoms with van der Waals surface area (Å²) >= 11 is 0. The summed E-state index contributed by atoms with van der Waals surface area (Å²) in [7, 11) is -4.91. The minimum atomic E-state index is -3.82. The number of benzene rings is 6. The summed E-state index contributed by atoms with van der Waals surface area (Å²) in [5.74, 6) is -7.11. The number of carbonyl (C=O) groups excluding carboxylic acids is 2. The summed E-state index contributed by atoms with van der Waals surface area (Å²) in [5.41, 5.74) is 0.0178. The van der Waals surface area contributed by atoms with Crippen LogP contribution in [0.2, 0.25) is 0 Å². The van der Waals surface area contributed by atoms with Crippen molar-refractivity contribution < 1.29 is 76.5 Å². The molecule has 2 aliphatic heterocycles. The van der Waals surface area contributed by atoms with Crippen molar-refractivity contribution in [3.63, 3.8) is 0 Å². The van der Waals surface area contributed by atoms with Gasteiger partial charge in [0.25, 0.3) is 0 Å². The van der Waals surface area contributed by atoms with Gasteiger partial charge in [0.05, 0.1) is 105 Å². The number of fused-ring (bicyclic) bond motifs is 2. The zero-order valence-electron chi connectivity index (χ0n) is 51.7. The topological polar surface area (TPSA) is 264 Å². The number of nitriles is 2. The number of rotatable bonds is 20. The predicted molar refractivity (Wildman–Crippen MR) is 337 cm³/mol. The molecule has 0 amide bonds. The van der Waals surface area contributed by atoms with Gasteiger partial charge < -0.3 is 32.8 Å². The van der Waals surface area contributed by atoms with Crippen molar-refractivity contribution in [2.75, 3.05) is 52.9 Å². The maximum absolute atomic E-state index is 16.5. The molecular formula is C68H54F6N10O11S2. The second kappa shape index (κ2) is 27.0. The number of sulfonamides is 2. The highest BCUT2D eigenvalue weighted by Crippen LogP contribution is 2.37. The average Bonchev–Trinajstić information content (AvgIpc) is 1.74. The van der Waals surface area contributed by atoms with Crippen LogP contribution in [0.3, 0.4) is 0 Å². The van der Waals surface area contributed by atoms with Gasteiger partial charge in [-0.3, -0.25) is 0 Å². The van der Waals surface area contributed by atoms with E-state index < -0.39 is 91.2 Å². The molecule has 6 aromatic carbocycles. The molecule has 97 heavy (non-hydrogen) atoms. The Morgan fingerprint density at radius 3 is 1.27 bits per heavy atom. The smallest absolute Gasteiger partial charge is 0.346 e. The van der Waals surface area contributed by atoms with Crippen LogP contribution in [0, 0.1) is 57.6 Å². The van der Waals surface area contributed by atoms with E-state index in [-0.39, 0.29) is 165 Å². The first-order valence-corrected chi connectivity index (χ1v) is 33.4. The molecule has 4 atom stereocenters. The summed E-state index contributed by atoms with van der Waals surface area (Å²) in [6.45, 7) is -1.13. The summed E-state index contributed by atoms with van der Waals surface area (Å²) < 4.78 is 181. The van der Waals surface area contributed by atoms with E-state index in [1.165, 1.54) is 120 Å². The van der Waals surface area contributed by atoms with Crippen molar-refractivity contribution in [3.05, 3.63) is 225 Å². The Labute approximate surface area is 550 Å². The van der Waals surface area contributed by atoms with E-state index in [1.807, 2.05) is 12.1 Å². The first-order chi connectivity index (χ1) is 46.4. The third kappa shape index (κ3) is 13.9. The van der Waals surface area contributed by atoms with Crippen LogP contribution >= 0.6 is 0 Å². The number of ether oxygens (including phenoxy) is 5. The number of carbonyl (C=O) groups is 2. The molecule has 0 bridgehead atoms. The Hall–Kier alpha value is -10.4. The highest BCUT2D eigenvalue weighted by Gasteiger charge is 2.42. The van der Waals surface area contributed by atoms with Crippen molar-refractivity contribution in [1.29, 1.82) is 10.5 Å². The molecule has 0 unspecified atom stereocenters. The van der Waals surface area contributed by atoms with E-state index in [2.05, 4.69) is 9.97 Å². The number of halogens is 6. The van der Waals surface area contributed by atoms with E-state index in [0.29, 0.717) is 0 Å². The van der Waals surface area contributed by atoms with Crippen LogP contribution in [-0.2, 0) is 60.3 Å². The van der Waals surface area contributed by atoms with E-state index >= 15 is 17.6 Å². The molecule has 21 nitrogen and oxygen atoms in total. The molecule has 6 heterocycles. The Bertz CT molecular complexity index is 4840. The fourth-order valence-electron chi connectivity index (χ4n) is 11.9. The number of pyridine rings is 2. The zero-order chi connectivity index (χ0) is 68.8. The van der Waals surface area contributed by atoms with Crippen LogP contribution in [-0.4, -0.2) is 132 Å². The molecule has 496 valence electrons. The monoisotopic (exact) mass is 1360 g/mol. The van der Waals surface area contributed by atoms with Crippen molar-refractivity contribution in [2.45, 2.75) is 50.3 Å². The standard InChI is InChI=1S/C68H54F6N10O11S2/c1-91-61-33-81(96(3,87)88)31-59(61)83-57-23-39(15-17-55(57)77-63(83)25-43-21-51(73)45(27-49(43)71)53-7-5-9-65(79-53)93-35-41-13-11-37(29-75)19-47(41)69)67(85)95-68(86)40-16-18-56-58(24-40)84(60-32-82(97(4,89)90)34-62(60)92-2)64(78-56)26-44-22-52(74)46(28-50(44)72)54-8-6-10-66(80-54)94-36-42-14-12-38(30-76)20-48(42)70/h5-24,27-28,59-62H,25-26,31-36H2,1-4H3/t59-,60-,61+,62+/m0/s1. The van der Waals surface area contributed by atoms with Crippen molar-refractivity contribution in [3.8, 4) is 46.4 Å². The highest BCUT2D eigenvalue weighted by atomic mass is 32.2. The van der Waals surface area contributed by atoms with E-state index in [9.17, 15) is 35.2 Å². The molecule has 2 fully saturated rings. The van der Waals surface area contributed by atoms with Crippen LogP contribution in [0.4, 0.5) is 26.3 Å². The van der Waals surface area contributed by atoms with Gasteiger partial charge in [-0.2, -0.15) is 19.1 Å². The SMILES string of the molecule is CO[C@@H]1CN(S(C)(=O)=O)C[C@@H]1n1c(Cc2cc(F)c(-c3cccc(OCc4ccc(C#N)cc4F)n3)cc2F)nc2ccc(C(=O)OC(=O)c3ccc4nc(Cc5cc(F)c(-c6cccc(OCc7ccc(C#N)cc7F)n6)cc5F)n([C@H]5CN(S(C)(=O)=O)C[C@H]5OC)c4c3)cc21. The van der Waals surface area contributed by atoms with E-state index in [1.54, 1.807) is 9.13 Å². The molecule has 2 aliphatic rings. The first-order valence-electron chi connectivity index (χ1n) is 29.7. The van der Waals surface area contributed by atoms with Crippen LogP contribution in [0.15, 0.2) is 133 Å². The minimum absolute atomic E-state index is 0.0213. The molecule has 2 saturated heterocycles. The maximum atomic E-state index is 16.5. The molecule has 0 radical (unpaired) electrons. The zero-order valence-corrected chi connectivity index (χ0v) is 53.3. The molecule has 4 aromatic heterocycles. The van der Waals surface area contributed by atoms with Crippen LogP contribution in [0.25, 0.3) is 44.6 Å². The third-order valence-electron chi connectivity index (χ3n) is 16.9. The Balaban J connectivity index is 0.828. The van der Waals surface area contributed by atoms with Gasteiger partial charge in [0.2, 0.25) is 31.8 Å². The summed E-state index contributed by atoms with van der Waals surface area (Å²) in [6, 6.07) is 30.3. The van der Waals surface area contributed by atoms with E-state index in [4.69, 9.17) is 44.2 Å². The predicted octanol–water partition coefficient (Wildman–Crippen LogP) is 10.1. The normalized spacial score (nSPS) is 16.8. The molecule has 12 rings (SSSR count). The van der Waals surface area contributed by atoms with Crippen molar-refractivity contribution in [2.24, 2.45) is 0 Å². The second-order valence-electron chi connectivity index (χ2n) is 23.1. The number of esters is 2. The van der Waals surface area contributed by atoms with Crippen molar-refractivity contribution >= 4 is 54.1 Å². The van der Waals surface area contributed by atoms with Gasteiger partial charge in [0.15, 0.2) is 0 Å².